The van der Waals surface area contributed by atoms with E-state index in [-0.39, 0.29) is 31.3 Å². The smallest absolute Gasteiger partial charge is 0.410 e. The molecule has 0 bridgehead atoms. The third-order valence-electron chi connectivity index (χ3n) is 3.55. The molecule has 0 spiro atoms. The Hall–Kier alpha value is -1.59. The minimum Gasteiger partial charge on any atom is -0.445 e. The van der Waals surface area contributed by atoms with Crippen LogP contribution in [0, 0.1) is 5.92 Å². The maximum absolute atomic E-state index is 12.1. The number of aliphatic hydroxyl groups excluding tert-OH is 1. The van der Waals surface area contributed by atoms with Gasteiger partial charge in [0, 0.05) is 19.6 Å². The first-order chi connectivity index (χ1) is 9.74. The zero-order chi connectivity index (χ0) is 14.4. The number of amides is 1. The van der Waals surface area contributed by atoms with E-state index in [4.69, 9.17) is 9.47 Å². The number of likely N-dealkylation sites (tertiary alicyclic amines) is 1. The van der Waals surface area contributed by atoms with Crippen LogP contribution in [0.15, 0.2) is 30.3 Å². The lowest BCUT2D eigenvalue weighted by Gasteiger charge is -2.22. The standard InChI is InChI=1S/C15H21NO4/c1-19-10-13-7-14(9-17)16(8-13)15(18)20-11-12-5-3-2-4-6-12/h2-6,13-14,17H,7-11H2,1H3/t13-,14-/m0/s1. The molecule has 0 unspecified atom stereocenters. The minimum atomic E-state index is -0.369. The van der Waals surface area contributed by atoms with Crippen LogP contribution in [-0.4, -0.2) is 49.0 Å². The fourth-order valence-corrected chi connectivity index (χ4v) is 2.57. The summed E-state index contributed by atoms with van der Waals surface area (Å²) in [6.07, 6.45) is 0.386. The van der Waals surface area contributed by atoms with E-state index in [1.807, 2.05) is 30.3 Å². The van der Waals surface area contributed by atoms with E-state index in [1.165, 1.54) is 0 Å². The van der Waals surface area contributed by atoms with Gasteiger partial charge >= 0.3 is 6.09 Å². The van der Waals surface area contributed by atoms with E-state index >= 15 is 0 Å². The second-order valence-corrected chi connectivity index (χ2v) is 5.09. The van der Waals surface area contributed by atoms with Gasteiger partial charge in [0.15, 0.2) is 0 Å². The largest absolute Gasteiger partial charge is 0.445 e. The van der Waals surface area contributed by atoms with Crippen molar-refractivity contribution >= 4 is 6.09 Å². The number of carbonyl (C=O) groups is 1. The molecule has 1 fully saturated rings. The monoisotopic (exact) mass is 279 g/mol. The minimum absolute atomic E-state index is 0.0410. The Morgan fingerprint density at radius 2 is 2.15 bits per heavy atom. The summed E-state index contributed by atoms with van der Waals surface area (Å²) >= 11 is 0. The number of carbonyl (C=O) groups excluding carboxylic acids is 1. The molecule has 0 aliphatic carbocycles. The normalized spacial score (nSPS) is 22.0. The van der Waals surface area contributed by atoms with Crippen molar-refractivity contribution in [2.45, 2.75) is 19.1 Å². The highest BCUT2D eigenvalue weighted by Crippen LogP contribution is 2.24. The summed E-state index contributed by atoms with van der Waals surface area (Å²) < 4.78 is 10.4. The van der Waals surface area contributed by atoms with Crippen LogP contribution in [0.2, 0.25) is 0 Å². The molecule has 2 atom stereocenters. The number of benzene rings is 1. The third kappa shape index (κ3) is 3.71. The van der Waals surface area contributed by atoms with Crippen molar-refractivity contribution < 1.29 is 19.4 Å². The second-order valence-electron chi connectivity index (χ2n) is 5.09. The van der Waals surface area contributed by atoms with Gasteiger partial charge in [0.1, 0.15) is 6.61 Å². The van der Waals surface area contributed by atoms with Gasteiger partial charge in [-0.25, -0.2) is 4.79 Å². The van der Waals surface area contributed by atoms with Crippen LogP contribution >= 0.6 is 0 Å². The van der Waals surface area contributed by atoms with Crippen molar-refractivity contribution in [2.75, 3.05) is 26.9 Å². The van der Waals surface area contributed by atoms with Crippen molar-refractivity contribution in [1.82, 2.24) is 4.90 Å². The van der Waals surface area contributed by atoms with Crippen LogP contribution < -0.4 is 0 Å². The highest BCUT2D eigenvalue weighted by molar-refractivity contribution is 5.68. The first kappa shape index (κ1) is 14.8. The molecule has 1 amide bonds. The third-order valence-corrected chi connectivity index (χ3v) is 3.55. The Morgan fingerprint density at radius 1 is 1.40 bits per heavy atom. The molecule has 1 aromatic carbocycles. The Kier molecular flexibility index (Phi) is 5.38. The van der Waals surface area contributed by atoms with Gasteiger partial charge in [-0.05, 0) is 12.0 Å². The van der Waals surface area contributed by atoms with Crippen molar-refractivity contribution in [3.8, 4) is 0 Å². The van der Waals surface area contributed by atoms with Crippen LogP contribution in [0.3, 0.4) is 0 Å². The number of ether oxygens (including phenoxy) is 2. The van der Waals surface area contributed by atoms with Crippen molar-refractivity contribution in [3.05, 3.63) is 35.9 Å². The zero-order valence-corrected chi connectivity index (χ0v) is 11.7. The SMILES string of the molecule is COC[C@H]1C[C@@H](CO)N(C(=O)OCc2ccccc2)C1. The van der Waals surface area contributed by atoms with Crippen molar-refractivity contribution in [3.63, 3.8) is 0 Å². The topological polar surface area (TPSA) is 59.0 Å². The van der Waals surface area contributed by atoms with E-state index < -0.39 is 0 Å². The molecule has 5 heteroatoms. The van der Waals surface area contributed by atoms with Crippen LogP contribution in [0.25, 0.3) is 0 Å². The number of hydrogen-bond acceptors (Lipinski definition) is 4. The van der Waals surface area contributed by atoms with Crippen LogP contribution in [0.4, 0.5) is 4.79 Å². The van der Waals surface area contributed by atoms with Gasteiger partial charge in [0.25, 0.3) is 0 Å². The molecule has 2 rings (SSSR count). The molecule has 1 saturated heterocycles. The molecule has 5 nitrogen and oxygen atoms in total. The lowest BCUT2D eigenvalue weighted by atomic mass is 10.1. The summed E-state index contributed by atoms with van der Waals surface area (Å²) in [5.41, 5.74) is 0.953. The number of rotatable bonds is 5. The van der Waals surface area contributed by atoms with E-state index in [2.05, 4.69) is 0 Å². The molecule has 0 aromatic heterocycles. The number of hydrogen-bond donors (Lipinski definition) is 1. The average molecular weight is 279 g/mol. The van der Waals surface area contributed by atoms with E-state index in [9.17, 15) is 9.90 Å². The Labute approximate surface area is 119 Å². The van der Waals surface area contributed by atoms with Crippen LogP contribution in [0.5, 0.6) is 0 Å². The van der Waals surface area contributed by atoms with Crippen LogP contribution in [-0.2, 0) is 16.1 Å². The molecular formula is C15H21NO4. The van der Waals surface area contributed by atoms with Gasteiger partial charge in [-0.1, -0.05) is 30.3 Å². The molecule has 1 N–H and O–H groups in total. The molecule has 20 heavy (non-hydrogen) atoms. The molecule has 1 aromatic rings. The molecule has 1 aliphatic heterocycles. The summed E-state index contributed by atoms with van der Waals surface area (Å²) in [5.74, 6) is 0.265. The molecule has 110 valence electrons. The Balaban J connectivity index is 1.87. The molecule has 1 aliphatic rings. The zero-order valence-electron chi connectivity index (χ0n) is 11.7. The molecule has 1 heterocycles. The van der Waals surface area contributed by atoms with Crippen molar-refractivity contribution in [1.29, 1.82) is 0 Å². The summed E-state index contributed by atoms with van der Waals surface area (Å²) in [6, 6.07) is 9.39. The van der Waals surface area contributed by atoms with Gasteiger partial charge in [-0.3, -0.25) is 0 Å². The fourth-order valence-electron chi connectivity index (χ4n) is 2.57. The predicted octanol–water partition coefficient (Wildman–Crippen LogP) is 1.65. The summed E-state index contributed by atoms with van der Waals surface area (Å²) in [4.78, 5) is 13.7. The summed E-state index contributed by atoms with van der Waals surface area (Å²) in [6.45, 7) is 1.38. The van der Waals surface area contributed by atoms with Crippen molar-refractivity contribution in [2.24, 2.45) is 5.92 Å². The van der Waals surface area contributed by atoms with Gasteiger partial charge in [0.2, 0.25) is 0 Å². The summed E-state index contributed by atoms with van der Waals surface area (Å²) in [7, 11) is 1.64. The highest BCUT2D eigenvalue weighted by atomic mass is 16.6. The Bertz CT molecular complexity index is 423. The first-order valence-electron chi connectivity index (χ1n) is 6.81. The van der Waals surface area contributed by atoms with Gasteiger partial charge in [-0.2, -0.15) is 0 Å². The van der Waals surface area contributed by atoms with Gasteiger partial charge < -0.3 is 19.5 Å². The quantitative estimate of drug-likeness (QED) is 0.890. The number of aliphatic hydroxyl groups is 1. The first-order valence-corrected chi connectivity index (χ1v) is 6.81. The van der Waals surface area contributed by atoms with E-state index in [1.54, 1.807) is 12.0 Å². The van der Waals surface area contributed by atoms with Gasteiger partial charge in [0.05, 0.1) is 19.3 Å². The Morgan fingerprint density at radius 3 is 2.80 bits per heavy atom. The maximum atomic E-state index is 12.1. The van der Waals surface area contributed by atoms with E-state index in [0.29, 0.717) is 13.2 Å². The molecule has 0 radical (unpaired) electrons. The second kappa shape index (κ2) is 7.26. The number of nitrogens with zero attached hydrogens (tertiary/aromatic N) is 1. The predicted molar refractivity (Wildman–Crippen MR) is 74.2 cm³/mol. The average Bonchev–Trinajstić information content (AvgIpc) is 2.89. The lowest BCUT2D eigenvalue weighted by Crippen LogP contribution is -2.38. The summed E-state index contributed by atoms with van der Waals surface area (Å²) in [5, 5.41) is 9.37. The van der Waals surface area contributed by atoms with Crippen LogP contribution in [0.1, 0.15) is 12.0 Å². The highest BCUT2D eigenvalue weighted by Gasteiger charge is 2.35. The number of methoxy groups -OCH3 is 1. The van der Waals surface area contributed by atoms with E-state index in [0.717, 1.165) is 12.0 Å². The lowest BCUT2D eigenvalue weighted by molar-refractivity contribution is 0.0781. The fraction of sp³-hybridized carbons (Fsp3) is 0.533. The maximum Gasteiger partial charge on any atom is 0.410 e. The molecule has 0 saturated carbocycles. The molecular weight excluding hydrogens is 258 g/mol. The van der Waals surface area contributed by atoms with Gasteiger partial charge in [-0.15, -0.1) is 0 Å².